The van der Waals surface area contributed by atoms with Crippen molar-refractivity contribution in [3.63, 3.8) is 0 Å². The smallest absolute Gasteiger partial charge is 0.329 e. The summed E-state index contributed by atoms with van der Waals surface area (Å²) < 4.78 is 6.27. The number of aromatic nitrogens is 2. The van der Waals surface area contributed by atoms with E-state index in [9.17, 15) is 14.4 Å². The maximum absolute atomic E-state index is 12.9. The van der Waals surface area contributed by atoms with Gasteiger partial charge in [0.15, 0.2) is 0 Å². The fourth-order valence-electron chi connectivity index (χ4n) is 3.33. The highest BCUT2D eigenvalue weighted by molar-refractivity contribution is 5.97. The topological polar surface area (TPSA) is 93.2 Å². The lowest BCUT2D eigenvalue weighted by Gasteiger charge is -2.09. The lowest BCUT2D eigenvalue weighted by Crippen LogP contribution is -2.35. The number of hydrogen-bond acceptors (Lipinski definition) is 4. The van der Waals surface area contributed by atoms with Crippen molar-refractivity contribution in [2.75, 3.05) is 7.11 Å². The van der Waals surface area contributed by atoms with Gasteiger partial charge in [0.2, 0.25) is 0 Å². The number of aromatic amines is 1. The van der Waals surface area contributed by atoms with Gasteiger partial charge in [0.1, 0.15) is 5.75 Å². The zero-order valence-corrected chi connectivity index (χ0v) is 16.9. The van der Waals surface area contributed by atoms with Crippen molar-refractivity contribution in [2.24, 2.45) is 0 Å². The van der Waals surface area contributed by atoms with Gasteiger partial charge >= 0.3 is 5.69 Å². The maximum Gasteiger partial charge on any atom is 0.329 e. The van der Waals surface area contributed by atoms with Crippen molar-refractivity contribution >= 4 is 16.8 Å². The monoisotopic (exact) mass is 415 g/mol. The van der Waals surface area contributed by atoms with E-state index in [1.807, 2.05) is 30.3 Å². The van der Waals surface area contributed by atoms with Gasteiger partial charge in [0, 0.05) is 12.1 Å². The number of benzene rings is 3. The van der Waals surface area contributed by atoms with Gasteiger partial charge in [0.05, 0.1) is 24.6 Å². The molecule has 3 aromatic carbocycles. The number of fused-ring (bicyclic) bond motifs is 1. The van der Waals surface area contributed by atoms with Crippen LogP contribution in [-0.4, -0.2) is 22.6 Å². The van der Waals surface area contributed by atoms with Gasteiger partial charge in [0.25, 0.3) is 11.5 Å². The Hall–Kier alpha value is -4.13. The summed E-state index contributed by atoms with van der Waals surface area (Å²) in [6.07, 6.45) is 0. The Morgan fingerprint density at radius 2 is 1.71 bits per heavy atom. The molecule has 7 heteroatoms. The fourth-order valence-corrected chi connectivity index (χ4v) is 3.33. The molecule has 156 valence electrons. The molecule has 4 aromatic rings. The van der Waals surface area contributed by atoms with Crippen LogP contribution in [0.4, 0.5) is 0 Å². The average Bonchev–Trinajstić information content (AvgIpc) is 2.81. The van der Waals surface area contributed by atoms with E-state index in [4.69, 9.17) is 4.74 Å². The molecule has 4 rings (SSSR count). The predicted octanol–water partition coefficient (Wildman–Crippen LogP) is 2.68. The van der Waals surface area contributed by atoms with Gasteiger partial charge in [-0.05, 0) is 41.5 Å². The van der Waals surface area contributed by atoms with Crippen LogP contribution < -0.4 is 21.3 Å². The number of carbonyl (C=O) groups excluding carboxylic acids is 1. The Labute approximate surface area is 177 Å². The second kappa shape index (κ2) is 8.71. The van der Waals surface area contributed by atoms with Crippen LogP contribution in [0.5, 0.6) is 5.75 Å². The zero-order chi connectivity index (χ0) is 21.8. The van der Waals surface area contributed by atoms with E-state index >= 15 is 0 Å². The van der Waals surface area contributed by atoms with Crippen molar-refractivity contribution in [2.45, 2.75) is 13.1 Å². The van der Waals surface area contributed by atoms with Crippen LogP contribution >= 0.6 is 0 Å². The van der Waals surface area contributed by atoms with Crippen LogP contribution in [0.25, 0.3) is 10.9 Å². The van der Waals surface area contributed by atoms with Crippen LogP contribution in [-0.2, 0) is 13.1 Å². The molecule has 0 aliphatic carbocycles. The van der Waals surface area contributed by atoms with Crippen LogP contribution in [0.2, 0.25) is 0 Å². The first kappa shape index (κ1) is 20.2. The number of carbonyl (C=O) groups is 1. The zero-order valence-electron chi connectivity index (χ0n) is 16.9. The molecule has 0 spiro atoms. The lowest BCUT2D eigenvalue weighted by molar-refractivity contribution is 0.0951. The SMILES string of the molecule is COc1ccc(Cn2c(=O)[nH]c3cc(C(=O)NCc4ccccc4)ccc3c2=O)cc1. The molecule has 1 aromatic heterocycles. The number of methoxy groups -OCH3 is 1. The van der Waals surface area contributed by atoms with Gasteiger partial charge in [-0.25, -0.2) is 4.79 Å². The van der Waals surface area contributed by atoms with Crippen molar-refractivity contribution in [3.8, 4) is 5.75 Å². The third kappa shape index (κ3) is 4.40. The van der Waals surface area contributed by atoms with E-state index in [-0.39, 0.29) is 12.5 Å². The number of H-pyrrole nitrogens is 1. The second-order valence-electron chi connectivity index (χ2n) is 7.10. The number of rotatable bonds is 6. The van der Waals surface area contributed by atoms with Crippen molar-refractivity contribution < 1.29 is 9.53 Å². The summed E-state index contributed by atoms with van der Waals surface area (Å²) in [5.74, 6) is 0.413. The van der Waals surface area contributed by atoms with Gasteiger partial charge in [-0.15, -0.1) is 0 Å². The van der Waals surface area contributed by atoms with Crippen molar-refractivity contribution in [1.29, 1.82) is 0 Å². The summed E-state index contributed by atoms with van der Waals surface area (Å²) in [4.78, 5) is 40.7. The molecule has 0 atom stereocenters. The summed E-state index contributed by atoms with van der Waals surface area (Å²) in [6, 6.07) is 21.4. The van der Waals surface area contributed by atoms with Crippen LogP contribution in [0.1, 0.15) is 21.5 Å². The molecule has 0 saturated heterocycles. The number of nitrogens with one attached hydrogen (secondary N) is 2. The minimum absolute atomic E-state index is 0.132. The predicted molar refractivity (Wildman–Crippen MR) is 119 cm³/mol. The first-order valence-electron chi connectivity index (χ1n) is 9.77. The number of hydrogen-bond donors (Lipinski definition) is 2. The summed E-state index contributed by atoms with van der Waals surface area (Å²) in [5, 5.41) is 3.18. The quantitative estimate of drug-likeness (QED) is 0.506. The molecule has 0 aliphatic rings. The van der Waals surface area contributed by atoms with E-state index in [2.05, 4.69) is 10.3 Å². The molecular formula is C24H21N3O4. The number of amides is 1. The second-order valence-corrected chi connectivity index (χ2v) is 7.10. The molecule has 0 fully saturated rings. The fraction of sp³-hybridized carbons (Fsp3) is 0.125. The molecule has 0 bridgehead atoms. The summed E-state index contributed by atoms with van der Waals surface area (Å²) in [6.45, 7) is 0.519. The summed E-state index contributed by atoms with van der Waals surface area (Å²) >= 11 is 0. The lowest BCUT2D eigenvalue weighted by atomic mass is 10.1. The summed E-state index contributed by atoms with van der Waals surface area (Å²) in [5.41, 5.74) is 1.52. The average molecular weight is 415 g/mol. The van der Waals surface area contributed by atoms with Crippen molar-refractivity contribution in [3.05, 3.63) is 110 Å². The van der Waals surface area contributed by atoms with E-state index in [0.717, 1.165) is 15.7 Å². The molecule has 0 unspecified atom stereocenters. The maximum atomic E-state index is 12.9. The van der Waals surface area contributed by atoms with E-state index in [1.54, 1.807) is 43.5 Å². The highest BCUT2D eigenvalue weighted by Gasteiger charge is 2.12. The Balaban J connectivity index is 1.59. The van der Waals surface area contributed by atoms with Crippen LogP contribution in [0, 0.1) is 0 Å². The molecule has 0 saturated carbocycles. The molecule has 1 amide bonds. The van der Waals surface area contributed by atoms with Crippen molar-refractivity contribution in [1.82, 2.24) is 14.9 Å². The van der Waals surface area contributed by atoms with Gasteiger partial charge < -0.3 is 15.0 Å². The van der Waals surface area contributed by atoms with E-state index in [0.29, 0.717) is 28.8 Å². The number of nitrogens with zero attached hydrogens (tertiary/aromatic N) is 1. The minimum Gasteiger partial charge on any atom is -0.497 e. The van der Waals surface area contributed by atoms with Gasteiger partial charge in [-0.1, -0.05) is 42.5 Å². The van der Waals surface area contributed by atoms with Crippen LogP contribution in [0.3, 0.4) is 0 Å². The summed E-state index contributed by atoms with van der Waals surface area (Å²) in [7, 11) is 1.57. The molecule has 31 heavy (non-hydrogen) atoms. The highest BCUT2D eigenvalue weighted by Crippen LogP contribution is 2.13. The van der Waals surface area contributed by atoms with Crippen LogP contribution in [0.15, 0.2) is 82.4 Å². The molecule has 1 heterocycles. The Bertz CT molecular complexity index is 1340. The molecule has 2 N–H and O–H groups in total. The van der Waals surface area contributed by atoms with E-state index in [1.165, 1.54) is 6.07 Å². The largest absolute Gasteiger partial charge is 0.497 e. The standard InChI is InChI=1S/C24H21N3O4/c1-31-19-10-7-17(8-11-19)15-27-23(29)20-12-9-18(13-21(20)26-24(27)30)22(28)25-14-16-5-3-2-4-6-16/h2-13H,14-15H2,1H3,(H,25,28)(H,26,30). The Kier molecular flexibility index (Phi) is 5.66. The third-order valence-electron chi connectivity index (χ3n) is 5.04. The number of ether oxygens (including phenoxy) is 1. The van der Waals surface area contributed by atoms with E-state index < -0.39 is 11.2 Å². The normalized spacial score (nSPS) is 10.7. The Morgan fingerprint density at radius 1 is 0.968 bits per heavy atom. The molecular weight excluding hydrogens is 394 g/mol. The molecule has 0 aliphatic heterocycles. The Morgan fingerprint density at radius 3 is 2.42 bits per heavy atom. The first-order chi connectivity index (χ1) is 15.0. The highest BCUT2D eigenvalue weighted by atomic mass is 16.5. The van der Waals surface area contributed by atoms with Gasteiger partial charge in [-0.2, -0.15) is 0 Å². The molecule has 7 nitrogen and oxygen atoms in total. The molecule has 0 radical (unpaired) electrons. The first-order valence-corrected chi connectivity index (χ1v) is 9.77. The minimum atomic E-state index is -0.532. The third-order valence-corrected chi connectivity index (χ3v) is 5.04. The van der Waals surface area contributed by atoms with Gasteiger partial charge in [-0.3, -0.25) is 14.2 Å².